The summed E-state index contributed by atoms with van der Waals surface area (Å²) < 4.78 is 10.6. The molecule has 2 rings (SSSR count). The Balaban J connectivity index is 2.18. The molecule has 0 radical (unpaired) electrons. The van der Waals surface area contributed by atoms with Crippen molar-refractivity contribution in [3.8, 4) is 11.5 Å². The SMILES string of the molecule is COc1ccc(C(CC(=O)N(C)C(C)c2ccccc2OC)NC(C)=O)cc1. The maximum atomic E-state index is 13.0. The second kappa shape index (κ2) is 9.78. The molecule has 6 nitrogen and oxygen atoms in total. The Bertz CT molecular complexity index is 804. The highest BCUT2D eigenvalue weighted by Gasteiger charge is 2.24. The molecule has 1 N–H and O–H groups in total. The summed E-state index contributed by atoms with van der Waals surface area (Å²) in [6.45, 7) is 3.40. The van der Waals surface area contributed by atoms with Crippen molar-refractivity contribution >= 4 is 11.8 Å². The van der Waals surface area contributed by atoms with E-state index >= 15 is 0 Å². The number of nitrogens with one attached hydrogen (secondary N) is 1. The Morgan fingerprint density at radius 3 is 2.25 bits per heavy atom. The van der Waals surface area contributed by atoms with E-state index in [2.05, 4.69) is 5.32 Å². The van der Waals surface area contributed by atoms with Gasteiger partial charge in [-0.3, -0.25) is 9.59 Å². The molecule has 150 valence electrons. The number of ether oxygens (including phenoxy) is 2. The van der Waals surface area contributed by atoms with Gasteiger partial charge in [-0.05, 0) is 30.7 Å². The molecule has 0 saturated heterocycles. The number of carbonyl (C=O) groups is 2. The molecule has 0 aliphatic carbocycles. The van der Waals surface area contributed by atoms with Gasteiger partial charge in [0.2, 0.25) is 11.8 Å². The van der Waals surface area contributed by atoms with Crippen molar-refractivity contribution in [2.45, 2.75) is 32.4 Å². The first kappa shape index (κ1) is 21.3. The monoisotopic (exact) mass is 384 g/mol. The summed E-state index contributed by atoms with van der Waals surface area (Å²) in [7, 11) is 4.97. The van der Waals surface area contributed by atoms with Crippen molar-refractivity contribution < 1.29 is 19.1 Å². The number of carbonyl (C=O) groups excluding carboxylic acids is 2. The normalized spacial score (nSPS) is 12.6. The number of benzene rings is 2. The summed E-state index contributed by atoms with van der Waals surface area (Å²) in [5, 5.41) is 2.87. The zero-order valence-corrected chi connectivity index (χ0v) is 17.1. The van der Waals surface area contributed by atoms with Crippen LogP contribution in [-0.4, -0.2) is 38.0 Å². The van der Waals surface area contributed by atoms with Gasteiger partial charge < -0.3 is 19.7 Å². The van der Waals surface area contributed by atoms with Gasteiger partial charge in [0, 0.05) is 19.5 Å². The fraction of sp³-hybridized carbons (Fsp3) is 0.364. The third kappa shape index (κ3) is 5.25. The van der Waals surface area contributed by atoms with Crippen molar-refractivity contribution in [1.82, 2.24) is 10.2 Å². The van der Waals surface area contributed by atoms with Crippen LogP contribution >= 0.6 is 0 Å². The lowest BCUT2D eigenvalue weighted by Gasteiger charge is -2.28. The summed E-state index contributed by atoms with van der Waals surface area (Å²) in [4.78, 5) is 26.3. The van der Waals surface area contributed by atoms with Crippen molar-refractivity contribution in [2.75, 3.05) is 21.3 Å². The molecular formula is C22H28N2O4. The van der Waals surface area contributed by atoms with Gasteiger partial charge in [0.15, 0.2) is 0 Å². The van der Waals surface area contributed by atoms with Crippen LogP contribution in [0.1, 0.15) is 43.5 Å². The van der Waals surface area contributed by atoms with E-state index in [0.29, 0.717) is 0 Å². The minimum absolute atomic E-state index is 0.0759. The summed E-state index contributed by atoms with van der Waals surface area (Å²) in [5.41, 5.74) is 1.78. The van der Waals surface area contributed by atoms with E-state index in [-0.39, 0.29) is 24.3 Å². The highest BCUT2D eigenvalue weighted by Crippen LogP contribution is 2.29. The van der Waals surface area contributed by atoms with Crippen molar-refractivity contribution in [2.24, 2.45) is 0 Å². The first-order chi connectivity index (χ1) is 13.4. The summed E-state index contributed by atoms with van der Waals surface area (Å²) in [6, 6.07) is 14.4. The van der Waals surface area contributed by atoms with E-state index in [1.807, 2.05) is 55.5 Å². The summed E-state index contributed by atoms with van der Waals surface area (Å²) in [6.07, 6.45) is 0.155. The largest absolute Gasteiger partial charge is 0.497 e. The zero-order chi connectivity index (χ0) is 20.7. The average Bonchev–Trinajstić information content (AvgIpc) is 2.71. The van der Waals surface area contributed by atoms with Gasteiger partial charge in [-0.25, -0.2) is 0 Å². The smallest absolute Gasteiger partial charge is 0.225 e. The molecule has 0 heterocycles. The number of rotatable bonds is 8. The van der Waals surface area contributed by atoms with Crippen LogP contribution in [0.2, 0.25) is 0 Å². The van der Waals surface area contributed by atoms with Gasteiger partial charge in [0.25, 0.3) is 0 Å². The van der Waals surface area contributed by atoms with E-state index in [0.717, 1.165) is 22.6 Å². The number of amides is 2. The standard InChI is InChI=1S/C22H28N2O4/c1-15(19-8-6-7-9-21(19)28-5)24(3)22(26)14-20(23-16(2)25)17-10-12-18(27-4)13-11-17/h6-13,15,20H,14H2,1-5H3,(H,23,25). The molecule has 2 atom stereocenters. The van der Waals surface area contributed by atoms with E-state index in [4.69, 9.17) is 9.47 Å². The van der Waals surface area contributed by atoms with Crippen LogP contribution in [0.25, 0.3) is 0 Å². The van der Waals surface area contributed by atoms with E-state index in [1.165, 1.54) is 6.92 Å². The number of hydrogen-bond acceptors (Lipinski definition) is 4. The van der Waals surface area contributed by atoms with Crippen LogP contribution in [0.15, 0.2) is 48.5 Å². The molecule has 2 amide bonds. The van der Waals surface area contributed by atoms with Gasteiger partial charge in [-0.2, -0.15) is 0 Å². The van der Waals surface area contributed by atoms with Crippen LogP contribution in [0.3, 0.4) is 0 Å². The maximum absolute atomic E-state index is 13.0. The molecule has 0 fully saturated rings. The van der Waals surface area contributed by atoms with Crippen molar-refractivity contribution in [3.05, 3.63) is 59.7 Å². The average molecular weight is 384 g/mol. The Morgan fingerprint density at radius 1 is 1.04 bits per heavy atom. The lowest BCUT2D eigenvalue weighted by Crippen LogP contribution is -2.35. The third-order valence-corrected chi connectivity index (χ3v) is 4.84. The van der Waals surface area contributed by atoms with Crippen LogP contribution in [0.5, 0.6) is 11.5 Å². The molecule has 28 heavy (non-hydrogen) atoms. The van der Waals surface area contributed by atoms with Crippen LogP contribution < -0.4 is 14.8 Å². The van der Waals surface area contributed by atoms with E-state index < -0.39 is 6.04 Å². The van der Waals surface area contributed by atoms with Crippen LogP contribution in [0, 0.1) is 0 Å². The lowest BCUT2D eigenvalue weighted by atomic mass is 10.0. The minimum atomic E-state index is -0.414. The molecule has 0 aromatic heterocycles. The Labute approximate surface area is 166 Å². The quantitative estimate of drug-likeness (QED) is 0.756. The molecule has 2 aromatic carbocycles. The summed E-state index contributed by atoms with van der Waals surface area (Å²) in [5.74, 6) is 1.20. The predicted octanol–water partition coefficient (Wildman–Crippen LogP) is 3.49. The van der Waals surface area contributed by atoms with Gasteiger partial charge in [-0.15, -0.1) is 0 Å². The predicted molar refractivity (Wildman–Crippen MR) is 108 cm³/mol. The van der Waals surface area contributed by atoms with Gasteiger partial charge in [0.05, 0.1) is 32.7 Å². The van der Waals surface area contributed by atoms with Crippen molar-refractivity contribution in [3.63, 3.8) is 0 Å². The van der Waals surface area contributed by atoms with Gasteiger partial charge >= 0.3 is 0 Å². The van der Waals surface area contributed by atoms with Crippen molar-refractivity contribution in [1.29, 1.82) is 0 Å². The Hall–Kier alpha value is -3.02. The molecule has 0 aliphatic rings. The lowest BCUT2D eigenvalue weighted by molar-refractivity contribution is -0.132. The molecule has 2 unspecified atom stereocenters. The maximum Gasteiger partial charge on any atom is 0.225 e. The Morgan fingerprint density at radius 2 is 1.68 bits per heavy atom. The van der Waals surface area contributed by atoms with E-state index in [9.17, 15) is 9.59 Å². The van der Waals surface area contributed by atoms with Crippen LogP contribution in [0.4, 0.5) is 0 Å². The van der Waals surface area contributed by atoms with Crippen LogP contribution in [-0.2, 0) is 9.59 Å². The molecule has 0 bridgehead atoms. The molecule has 0 spiro atoms. The highest BCUT2D eigenvalue weighted by atomic mass is 16.5. The molecule has 2 aromatic rings. The minimum Gasteiger partial charge on any atom is -0.497 e. The molecule has 0 aliphatic heterocycles. The summed E-state index contributed by atoms with van der Waals surface area (Å²) >= 11 is 0. The fourth-order valence-corrected chi connectivity index (χ4v) is 3.09. The number of hydrogen-bond donors (Lipinski definition) is 1. The first-order valence-electron chi connectivity index (χ1n) is 9.17. The number of para-hydroxylation sites is 1. The zero-order valence-electron chi connectivity index (χ0n) is 17.1. The van der Waals surface area contributed by atoms with Gasteiger partial charge in [0.1, 0.15) is 11.5 Å². The molecular weight excluding hydrogens is 356 g/mol. The first-order valence-corrected chi connectivity index (χ1v) is 9.17. The second-order valence-corrected chi connectivity index (χ2v) is 6.65. The third-order valence-electron chi connectivity index (χ3n) is 4.84. The molecule has 0 saturated carbocycles. The second-order valence-electron chi connectivity index (χ2n) is 6.65. The fourth-order valence-electron chi connectivity index (χ4n) is 3.09. The molecule has 6 heteroatoms. The topological polar surface area (TPSA) is 67.9 Å². The number of nitrogens with zero attached hydrogens (tertiary/aromatic N) is 1. The van der Waals surface area contributed by atoms with E-state index in [1.54, 1.807) is 26.2 Å². The number of methoxy groups -OCH3 is 2. The highest BCUT2D eigenvalue weighted by molar-refractivity contribution is 5.79. The van der Waals surface area contributed by atoms with Gasteiger partial charge in [-0.1, -0.05) is 30.3 Å². The Kier molecular flexibility index (Phi) is 7.44.